The molecule has 0 aliphatic heterocycles. The second-order valence-electron chi connectivity index (χ2n) is 4.98. The Kier molecular flexibility index (Phi) is 5.37. The van der Waals surface area contributed by atoms with Gasteiger partial charge in [-0.2, -0.15) is 0 Å². The highest BCUT2D eigenvalue weighted by Gasteiger charge is 2.07. The van der Waals surface area contributed by atoms with Crippen molar-refractivity contribution < 1.29 is 4.52 Å². The Morgan fingerprint density at radius 2 is 2.00 bits per heavy atom. The number of rotatable bonds is 6. The average molecular weight is 286 g/mol. The molecule has 0 spiro atoms. The van der Waals surface area contributed by atoms with Gasteiger partial charge in [0.05, 0.1) is 5.69 Å². The lowest BCUT2D eigenvalue weighted by Gasteiger charge is -2.05. The summed E-state index contributed by atoms with van der Waals surface area (Å²) in [7, 11) is 0. The standard InChI is InChI=1S/C16H22N4O/c1-12-15(13(2)21-20-12)9-11-19-16(17)18-10-8-14-6-4-3-5-7-14/h3-7H,8-11H2,1-2H3,(H3,17,18,19). The quantitative estimate of drug-likeness (QED) is 0.629. The van der Waals surface area contributed by atoms with Gasteiger partial charge >= 0.3 is 0 Å². The van der Waals surface area contributed by atoms with E-state index in [4.69, 9.17) is 10.3 Å². The van der Waals surface area contributed by atoms with E-state index in [2.05, 4.69) is 27.6 Å². The second-order valence-corrected chi connectivity index (χ2v) is 4.98. The molecule has 0 saturated heterocycles. The van der Waals surface area contributed by atoms with Crippen LogP contribution in [0, 0.1) is 13.8 Å². The summed E-state index contributed by atoms with van der Waals surface area (Å²) in [5.41, 5.74) is 9.19. The van der Waals surface area contributed by atoms with Crippen LogP contribution in [0.2, 0.25) is 0 Å². The number of nitrogens with zero attached hydrogens (tertiary/aromatic N) is 2. The summed E-state index contributed by atoms with van der Waals surface area (Å²) in [4.78, 5) is 4.33. The number of aryl methyl sites for hydroxylation is 2. The van der Waals surface area contributed by atoms with Crippen LogP contribution < -0.4 is 11.1 Å². The first-order valence-electron chi connectivity index (χ1n) is 7.16. The number of benzene rings is 1. The van der Waals surface area contributed by atoms with Gasteiger partial charge in [-0.15, -0.1) is 0 Å². The first-order chi connectivity index (χ1) is 10.2. The molecular formula is C16H22N4O. The number of nitrogens with two attached hydrogens (primary N) is 1. The third-order valence-corrected chi connectivity index (χ3v) is 3.39. The molecule has 5 heteroatoms. The zero-order valence-electron chi connectivity index (χ0n) is 12.6. The van der Waals surface area contributed by atoms with E-state index in [1.807, 2.05) is 32.0 Å². The molecule has 3 N–H and O–H groups in total. The topological polar surface area (TPSA) is 76.4 Å². The maximum absolute atomic E-state index is 5.85. The maximum Gasteiger partial charge on any atom is 0.188 e. The molecule has 0 amide bonds. The third-order valence-electron chi connectivity index (χ3n) is 3.39. The number of aromatic nitrogens is 1. The van der Waals surface area contributed by atoms with Gasteiger partial charge in [-0.25, -0.2) is 0 Å². The molecule has 0 fully saturated rings. The molecule has 1 aromatic heterocycles. The number of hydrogen-bond acceptors (Lipinski definition) is 3. The van der Waals surface area contributed by atoms with Crippen LogP contribution in [0.5, 0.6) is 0 Å². The molecule has 0 unspecified atom stereocenters. The van der Waals surface area contributed by atoms with Gasteiger partial charge in [0.15, 0.2) is 5.96 Å². The maximum atomic E-state index is 5.85. The van der Waals surface area contributed by atoms with Crippen LogP contribution in [-0.2, 0) is 12.8 Å². The van der Waals surface area contributed by atoms with Crippen molar-refractivity contribution in [3.05, 3.63) is 52.9 Å². The summed E-state index contributed by atoms with van der Waals surface area (Å²) >= 11 is 0. The van der Waals surface area contributed by atoms with Crippen molar-refractivity contribution >= 4 is 5.96 Å². The van der Waals surface area contributed by atoms with Gasteiger partial charge in [0.25, 0.3) is 0 Å². The Hall–Kier alpha value is -2.30. The van der Waals surface area contributed by atoms with Gasteiger partial charge in [0.1, 0.15) is 5.76 Å². The highest BCUT2D eigenvalue weighted by molar-refractivity contribution is 5.77. The van der Waals surface area contributed by atoms with E-state index in [0.717, 1.165) is 36.4 Å². The van der Waals surface area contributed by atoms with Crippen LogP contribution in [0.25, 0.3) is 0 Å². The zero-order valence-corrected chi connectivity index (χ0v) is 12.6. The number of guanidine groups is 1. The Bertz CT molecular complexity index is 570. The van der Waals surface area contributed by atoms with Crippen LogP contribution in [0.4, 0.5) is 0 Å². The molecule has 0 saturated carbocycles. The number of aliphatic imine (C=N–C) groups is 1. The predicted octanol–water partition coefficient (Wildman–Crippen LogP) is 1.98. The molecule has 5 nitrogen and oxygen atoms in total. The van der Waals surface area contributed by atoms with E-state index < -0.39 is 0 Å². The van der Waals surface area contributed by atoms with E-state index in [1.165, 1.54) is 5.56 Å². The molecule has 2 rings (SSSR count). The molecule has 2 aromatic rings. The van der Waals surface area contributed by atoms with E-state index in [1.54, 1.807) is 0 Å². The summed E-state index contributed by atoms with van der Waals surface area (Å²) in [6, 6.07) is 10.3. The fourth-order valence-electron chi connectivity index (χ4n) is 2.18. The number of nitrogens with one attached hydrogen (secondary N) is 1. The van der Waals surface area contributed by atoms with Gasteiger partial charge in [-0.05, 0) is 32.3 Å². The molecule has 112 valence electrons. The molecule has 1 aromatic carbocycles. The van der Waals surface area contributed by atoms with Gasteiger partial charge in [-0.1, -0.05) is 35.5 Å². The molecule has 0 radical (unpaired) electrons. The molecule has 0 atom stereocenters. The van der Waals surface area contributed by atoms with E-state index in [-0.39, 0.29) is 0 Å². The van der Waals surface area contributed by atoms with Gasteiger partial charge in [0.2, 0.25) is 0 Å². The summed E-state index contributed by atoms with van der Waals surface area (Å²) in [6.45, 7) is 5.27. The molecular weight excluding hydrogens is 264 g/mol. The fourth-order valence-corrected chi connectivity index (χ4v) is 2.18. The van der Waals surface area contributed by atoms with Crippen LogP contribution in [0.3, 0.4) is 0 Å². The highest BCUT2D eigenvalue weighted by Crippen LogP contribution is 2.12. The van der Waals surface area contributed by atoms with Crippen LogP contribution >= 0.6 is 0 Å². The number of hydrogen-bond donors (Lipinski definition) is 2. The lowest BCUT2D eigenvalue weighted by atomic mass is 10.1. The van der Waals surface area contributed by atoms with E-state index >= 15 is 0 Å². The summed E-state index contributed by atoms with van der Waals surface area (Å²) < 4.78 is 5.12. The smallest absolute Gasteiger partial charge is 0.188 e. The Morgan fingerprint density at radius 3 is 2.67 bits per heavy atom. The van der Waals surface area contributed by atoms with Crippen molar-refractivity contribution in [1.82, 2.24) is 10.5 Å². The summed E-state index contributed by atoms with van der Waals surface area (Å²) in [5, 5.41) is 7.06. The summed E-state index contributed by atoms with van der Waals surface area (Å²) in [5.74, 6) is 1.34. The average Bonchev–Trinajstić information content (AvgIpc) is 2.80. The minimum absolute atomic E-state index is 0.484. The van der Waals surface area contributed by atoms with Gasteiger partial charge < -0.3 is 15.6 Å². The molecule has 0 aliphatic rings. The first-order valence-corrected chi connectivity index (χ1v) is 7.16. The monoisotopic (exact) mass is 286 g/mol. The van der Waals surface area contributed by atoms with Crippen molar-refractivity contribution in [1.29, 1.82) is 0 Å². The summed E-state index contributed by atoms with van der Waals surface area (Å²) in [6.07, 6.45) is 1.73. The second kappa shape index (κ2) is 7.47. The zero-order chi connectivity index (χ0) is 15.1. The minimum atomic E-state index is 0.484. The van der Waals surface area contributed by atoms with Crippen molar-refractivity contribution in [3.63, 3.8) is 0 Å². The highest BCUT2D eigenvalue weighted by atomic mass is 16.5. The lowest BCUT2D eigenvalue weighted by molar-refractivity contribution is 0.392. The molecule has 0 aliphatic carbocycles. The Morgan fingerprint density at radius 1 is 1.24 bits per heavy atom. The van der Waals surface area contributed by atoms with E-state index in [9.17, 15) is 0 Å². The van der Waals surface area contributed by atoms with Gasteiger partial charge in [-0.3, -0.25) is 4.99 Å². The van der Waals surface area contributed by atoms with Crippen LogP contribution in [-0.4, -0.2) is 24.2 Å². The van der Waals surface area contributed by atoms with Gasteiger partial charge in [0, 0.05) is 18.7 Å². The van der Waals surface area contributed by atoms with Crippen molar-refractivity contribution in [2.75, 3.05) is 13.1 Å². The molecule has 1 heterocycles. The van der Waals surface area contributed by atoms with Crippen LogP contribution in [0.1, 0.15) is 22.6 Å². The molecule has 0 bridgehead atoms. The third kappa shape index (κ3) is 4.63. The Balaban J connectivity index is 1.72. The van der Waals surface area contributed by atoms with E-state index in [0.29, 0.717) is 12.5 Å². The molecule has 21 heavy (non-hydrogen) atoms. The van der Waals surface area contributed by atoms with Crippen molar-refractivity contribution in [2.45, 2.75) is 26.7 Å². The first kappa shape index (κ1) is 15.1. The largest absolute Gasteiger partial charge is 0.370 e. The van der Waals surface area contributed by atoms with Crippen molar-refractivity contribution in [2.24, 2.45) is 10.7 Å². The fraction of sp³-hybridized carbons (Fsp3) is 0.375. The van der Waals surface area contributed by atoms with Crippen molar-refractivity contribution in [3.8, 4) is 0 Å². The normalized spacial score (nSPS) is 11.6. The Labute approximate surface area is 125 Å². The minimum Gasteiger partial charge on any atom is -0.370 e. The predicted molar refractivity (Wildman–Crippen MR) is 84.3 cm³/mol. The SMILES string of the molecule is Cc1noc(C)c1CCN=C(N)NCCc1ccccc1. The van der Waals surface area contributed by atoms with Crippen LogP contribution in [0.15, 0.2) is 39.8 Å². The lowest BCUT2D eigenvalue weighted by Crippen LogP contribution is -2.33.